The van der Waals surface area contributed by atoms with Gasteiger partial charge in [-0.1, -0.05) is 41.5 Å². The lowest BCUT2D eigenvalue weighted by Gasteiger charge is -2.29. The third-order valence-corrected chi connectivity index (χ3v) is 6.02. The molecular weight excluding hydrogens is 398 g/mol. The number of aromatic nitrogens is 4. The van der Waals surface area contributed by atoms with Crippen molar-refractivity contribution in [3.8, 4) is 5.88 Å². The summed E-state index contributed by atoms with van der Waals surface area (Å²) >= 11 is 5.39. The number of fused-ring (bicyclic) bond motifs is 1. The molecule has 1 aliphatic heterocycles. The van der Waals surface area contributed by atoms with E-state index in [2.05, 4.69) is 32.1 Å². The number of benzene rings is 1. The highest BCUT2D eigenvalue weighted by atomic mass is 35.5. The third kappa shape index (κ3) is 4.45. The zero-order valence-electron chi connectivity index (χ0n) is 15.3. The van der Waals surface area contributed by atoms with E-state index >= 15 is 0 Å². The fraction of sp³-hybridized carbons (Fsp3) is 0.368. The minimum Gasteiger partial charge on any atom is -0.616 e. The Morgan fingerprint density at radius 3 is 2.64 bits per heavy atom. The van der Waals surface area contributed by atoms with Crippen LogP contribution in [0.1, 0.15) is 12.0 Å². The van der Waals surface area contributed by atoms with Gasteiger partial charge in [0.1, 0.15) is 23.3 Å². The molecule has 0 bridgehead atoms. The van der Waals surface area contributed by atoms with Crippen molar-refractivity contribution >= 4 is 39.6 Å². The number of rotatable bonds is 6. The first-order chi connectivity index (χ1) is 13.7. The molecule has 0 atom stereocenters. The molecule has 1 fully saturated rings. The summed E-state index contributed by atoms with van der Waals surface area (Å²) < 4.78 is 17.5. The van der Waals surface area contributed by atoms with Crippen LogP contribution in [0.15, 0.2) is 36.7 Å². The van der Waals surface area contributed by atoms with Crippen molar-refractivity contribution in [3.05, 3.63) is 47.5 Å². The normalized spacial score (nSPS) is 15.1. The average Bonchev–Trinajstić information content (AvgIpc) is 2.72. The number of hydrogen-bond donors (Lipinski definition) is 0. The maximum absolute atomic E-state index is 11.7. The van der Waals surface area contributed by atoms with E-state index in [4.69, 9.17) is 16.3 Å². The number of aryl methyl sites for hydroxylation is 1. The van der Waals surface area contributed by atoms with Gasteiger partial charge in [-0.05, 0) is 30.0 Å². The summed E-state index contributed by atoms with van der Waals surface area (Å²) in [5, 5.41) is 0.123. The summed E-state index contributed by atoms with van der Waals surface area (Å²) in [7, 11) is 0. The average molecular weight is 418 g/mol. The molecule has 4 rings (SSSR count). The van der Waals surface area contributed by atoms with Gasteiger partial charge in [-0.3, -0.25) is 0 Å². The van der Waals surface area contributed by atoms with Crippen molar-refractivity contribution in [2.45, 2.75) is 12.8 Å². The molecule has 0 saturated carbocycles. The van der Waals surface area contributed by atoms with E-state index in [0.29, 0.717) is 53.9 Å². The van der Waals surface area contributed by atoms with Crippen LogP contribution in [0.3, 0.4) is 0 Å². The van der Waals surface area contributed by atoms with Crippen molar-refractivity contribution in [2.75, 3.05) is 36.1 Å². The van der Waals surface area contributed by atoms with Gasteiger partial charge in [0.05, 0.1) is 19.7 Å². The summed E-state index contributed by atoms with van der Waals surface area (Å²) in [5.74, 6) is 2.26. The molecule has 1 saturated heterocycles. The molecule has 3 aromatic rings. The monoisotopic (exact) mass is 417 g/mol. The summed E-state index contributed by atoms with van der Waals surface area (Å²) in [6.07, 6.45) is 3.24. The zero-order valence-corrected chi connectivity index (χ0v) is 16.8. The number of nitrogens with zero attached hydrogens (tertiary/aromatic N) is 5. The van der Waals surface area contributed by atoms with E-state index in [-0.39, 0.29) is 5.28 Å². The van der Waals surface area contributed by atoms with Gasteiger partial charge in [-0.2, -0.15) is 9.97 Å². The minimum atomic E-state index is -0.775. The number of hydrogen-bond acceptors (Lipinski definition) is 7. The van der Waals surface area contributed by atoms with Crippen molar-refractivity contribution in [1.29, 1.82) is 0 Å². The Kier molecular flexibility index (Phi) is 6.09. The molecule has 1 aliphatic rings. The van der Waals surface area contributed by atoms with Gasteiger partial charge < -0.3 is 14.2 Å². The molecular formula is C19H20ClN5O2S. The molecule has 0 aliphatic carbocycles. The van der Waals surface area contributed by atoms with Gasteiger partial charge >= 0.3 is 0 Å². The number of halogens is 1. The Hall–Kier alpha value is -2.16. The molecule has 0 N–H and O–H groups in total. The molecule has 0 amide bonds. The molecule has 2 aromatic heterocycles. The molecule has 9 heteroatoms. The summed E-state index contributed by atoms with van der Waals surface area (Å²) in [4.78, 5) is 19.3. The summed E-state index contributed by atoms with van der Waals surface area (Å²) in [6, 6.07) is 10.3. The second-order valence-electron chi connectivity index (χ2n) is 6.47. The van der Waals surface area contributed by atoms with Gasteiger partial charge in [0.25, 0.3) is 0 Å². The predicted molar refractivity (Wildman–Crippen MR) is 110 cm³/mol. The highest BCUT2D eigenvalue weighted by Crippen LogP contribution is 2.29. The Bertz CT molecular complexity index is 938. The van der Waals surface area contributed by atoms with Crippen molar-refractivity contribution in [3.63, 3.8) is 0 Å². The van der Waals surface area contributed by atoms with Crippen molar-refractivity contribution in [2.24, 2.45) is 0 Å². The zero-order chi connectivity index (χ0) is 19.3. The van der Waals surface area contributed by atoms with Crippen LogP contribution in [0.5, 0.6) is 5.88 Å². The molecule has 3 heterocycles. The number of ether oxygens (including phenoxy) is 1. The van der Waals surface area contributed by atoms with Crippen LogP contribution in [-0.4, -0.2) is 55.7 Å². The smallest absolute Gasteiger partial charge is 0.243 e. The predicted octanol–water partition coefficient (Wildman–Crippen LogP) is 2.65. The quantitative estimate of drug-likeness (QED) is 0.346. The number of anilines is 1. The van der Waals surface area contributed by atoms with E-state index in [0.717, 1.165) is 12.8 Å². The van der Waals surface area contributed by atoms with E-state index in [1.807, 2.05) is 23.1 Å². The fourth-order valence-electron chi connectivity index (χ4n) is 3.15. The van der Waals surface area contributed by atoms with E-state index in [9.17, 15) is 4.55 Å². The SMILES string of the molecule is [O-][S+]1CCN(c2nc(Cl)nc3c(OCCCc4ccccc4)ncnc23)CC1. The second-order valence-corrected chi connectivity index (χ2v) is 8.50. The van der Waals surface area contributed by atoms with Gasteiger partial charge in [0.2, 0.25) is 11.2 Å². The topological polar surface area (TPSA) is 87.1 Å². The highest BCUT2D eigenvalue weighted by Gasteiger charge is 2.24. The van der Waals surface area contributed by atoms with Crippen LogP contribution >= 0.6 is 11.6 Å². The third-order valence-electron chi connectivity index (χ3n) is 4.57. The first-order valence-corrected chi connectivity index (χ1v) is 11.0. The summed E-state index contributed by atoms with van der Waals surface area (Å²) in [5.41, 5.74) is 2.38. The molecule has 0 unspecified atom stereocenters. The Morgan fingerprint density at radius 1 is 1.07 bits per heavy atom. The van der Waals surface area contributed by atoms with E-state index < -0.39 is 11.2 Å². The van der Waals surface area contributed by atoms with Crippen molar-refractivity contribution in [1.82, 2.24) is 19.9 Å². The second kappa shape index (κ2) is 8.89. The van der Waals surface area contributed by atoms with Crippen LogP contribution in [0.25, 0.3) is 11.0 Å². The van der Waals surface area contributed by atoms with Gasteiger partial charge in [0.15, 0.2) is 11.3 Å². The largest absolute Gasteiger partial charge is 0.616 e. The maximum atomic E-state index is 11.7. The molecule has 28 heavy (non-hydrogen) atoms. The molecule has 7 nitrogen and oxygen atoms in total. The van der Waals surface area contributed by atoms with E-state index in [1.165, 1.54) is 11.9 Å². The first-order valence-electron chi connectivity index (χ1n) is 9.15. The minimum absolute atomic E-state index is 0.123. The van der Waals surface area contributed by atoms with Crippen LogP contribution in [0.2, 0.25) is 5.28 Å². The van der Waals surface area contributed by atoms with Crippen LogP contribution in [0, 0.1) is 0 Å². The molecule has 146 valence electrons. The molecule has 0 radical (unpaired) electrons. The highest BCUT2D eigenvalue weighted by molar-refractivity contribution is 7.91. The van der Waals surface area contributed by atoms with Crippen LogP contribution < -0.4 is 9.64 Å². The molecule has 1 aromatic carbocycles. The Balaban J connectivity index is 1.51. The summed E-state index contributed by atoms with van der Waals surface area (Å²) in [6.45, 7) is 1.80. The molecule has 0 spiro atoms. The standard InChI is InChI=1S/C19H20ClN5O2S/c20-19-23-16-15(17(24-19)25-8-11-28(26)12-9-25)21-13-22-18(16)27-10-4-7-14-5-2-1-3-6-14/h1-3,5-6,13H,4,7-12H2. The fourth-order valence-corrected chi connectivity index (χ4v) is 4.37. The Morgan fingerprint density at radius 2 is 1.86 bits per heavy atom. The lowest BCUT2D eigenvalue weighted by Crippen LogP contribution is -2.41. The lowest BCUT2D eigenvalue weighted by molar-refractivity contribution is 0.302. The first kappa shape index (κ1) is 19.2. The van der Waals surface area contributed by atoms with Gasteiger partial charge in [0, 0.05) is 0 Å². The van der Waals surface area contributed by atoms with Gasteiger partial charge in [-0.25, -0.2) is 9.97 Å². The van der Waals surface area contributed by atoms with Crippen LogP contribution in [0.4, 0.5) is 5.82 Å². The van der Waals surface area contributed by atoms with E-state index in [1.54, 1.807) is 0 Å². The Labute approximate surface area is 171 Å². The van der Waals surface area contributed by atoms with Crippen molar-refractivity contribution < 1.29 is 9.29 Å². The lowest BCUT2D eigenvalue weighted by atomic mass is 10.1. The van der Waals surface area contributed by atoms with Gasteiger partial charge in [-0.15, -0.1) is 0 Å². The van der Waals surface area contributed by atoms with Crippen LogP contribution in [-0.2, 0) is 17.6 Å². The maximum Gasteiger partial charge on any atom is 0.243 e.